The van der Waals surface area contributed by atoms with E-state index in [1.165, 1.54) is 6.07 Å². The van der Waals surface area contributed by atoms with Crippen LogP contribution in [0.1, 0.15) is 42.5 Å². The zero-order chi connectivity index (χ0) is 17.2. The van der Waals surface area contributed by atoms with Crippen molar-refractivity contribution in [1.29, 1.82) is 5.26 Å². The fraction of sp³-hybridized carbons (Fsp3) is 0.500. The minimum absolute atomic E-state index is 0.128. The summed E-state index contributed by atoms with van der Waals surface area (Å²) in [4.78, 5) is 8.86. The highest BCUT2D eigenvalue weighted by Crippen LogP contribution is 2.38. The molecule has 0 bridgehead atoms. The highest BCUT2D eigenvalue weighted by molar-refractivity contribution is 5.60. The van der Waals surface area contributed by atoms with Crippen LogP contribution >= 0.6 is 0 Å². The molecule has 2 aliphatic rings. The summed E-state index contributed by atoms with van der Waals surface area (Å²) >= 11 is 0. The topological polar surface area (TPSA) is 69.2 Å². The van der Waals surface area contributed by atoms with Gasteiger partial charge < -0.3 is 9.42 Å². The molecular weight excluding hydrogens is 321 g/mol. The maximum Gasteiger partial charge on any atom is 0.229 e. The third kappa shape index (κ3) is 3.49. The molecular formula is C18H20FN5O. The average molecular weight is 341 g/mol. The molecule has 1 saturated carbocycles. The van der Waals surface area contributed by atoms with E-state index in [0.717, 1.165) is 57.2 Å². The molecule has 1 aromatic heterocycles. The quantitative estimate of drug-likeness (QED) is 0.852. The molecule has 2 fully saturated rings. The van der Waals surface area contributed by atoms with Gasteiger partial charge in [0.1, 0.15) is 17.4 Å². The minimum Gasteiger partial charge on any atom is -0.369 e. The van der Waals surface area contributed by atoms with E-state index >= 15 is 0 Å². The van der Waals surface area contributed by atoms with Gasteiger partial charge in [-0.15, -0.1) is 0 Å². The van der Waals surface area contributed by atoms with Gasteiger partial charge in [-0.05, 0) is 31.4 Å². The van der Waals surface area contributed by atoms with Crippen molar-refractivity contribution in [2.24, 2.45) is 0 Å². The van der Waals surface area contributed by atoms with Crippen LogP contribution in [-0.4, -0.2) is 41.2 Å². The van der Waals surface area contributed by atoms with Gasteiger partial charge in [-0.25, -0.2) is 4.39 Å². The third-order valence-electron chi connectivity index (χ3n) is 4.81. The zero-order valence-corrected chi connectivity index (χ0v) is 14.0. The van der Waals surface area contributed by atoms with Crippen LogP contribution in [0, 0.1) is 17.1 Å². The van der Waals surface area contributed by atoms with Crippen molar-refractivity contribution in [2.45, 2.75) is 31.7 Å². The molecule has 7 heteroatoms. The second kappa shape index (κ2) is 6.81. The molecule has 1 aliphatic carbocycles. The van der Waals surface area contributed by atoms with Gasteiger partial charge in [0, 0.05) is 32.1 Å². The molecule has 130 valence electrons. The first-order valence-corrected chi connectivity index (χ1v) is 8.73. The van der Waals surface area contributed by atoms with Crippen LogP contribution in [0.2, 0.25) is 0 Å². The van der Waals surface area contributed by atoms with Crippen molar-refractivity contribution in [3.05, 3.63) is 41.3 Å². The van der Waals surface area contributed by atoms with Gasteiger partial charge in [-0.2, -0.15) is 10.2 Å². The van der Waals surface area contributed by atoms with Crippen LogP contribution < -0.4 is 4.90 Å². The number of halogens is 1. The maximum absolute atomic E-state index is 13.9. The molecule has 0 amide bonds. The summed E-state index contributed by atoms with van der Waals surface area (Å²) in [6.45, 7) is 3.94. The van der Waals surface area contributed by atoms with Crippen molar-refractivity contribution in [2.75, 3.05) is 31.1 Å². The van der Waals surface area contributed by atoms with Crippen LogP contribution in [0.15, 0.2) is 22.7 Å². The molecule has 1 saturated heterocycles. The maximum atomic E-state index is 13.9. The molecule has 4 rings (SSSR count). The van der Waals surface area contributed by atoms with Gasteiger partial charge in [-0.1, -0.05) is 11.2 Å². The monoisotopic (exact) mass is 341 g/mol. The Morgan fingerprint density at radius 1 is 1.24 bits per heavy atom. The lowest BCUT2D eigenvalue weighted by Gasteiger charge is -2.24. The summed E-state index contributed by atoms with van der Waals surface area (Å²) in [5.41, 5.74) is 0.808. The Labute approximate surface area is 145 Å². The summed E-state index contributed by atoms with van der Waals surface area (Å²) < 4.78 is 19.2. The van der Waals surface area contributed by atoms with E-state index in [-0.39, 0.29) is 5.56 Å². The van der Waals surface area contributed by atoms with Crippen molar-refractivity contribution < 1.29 is 8.91 Å². The van der Waals surface area contributed by atoms with E-state index in [0.29, 0.717) is 18.2 Å². The lowest BCUT2D eigenvalue weighted by atomic mass is 10.1. The number of hydrogen-bond acceptors (Lipinski definition) is 6. The number of anilines is 1. The van der Waals surface area contributed by atoms with Crippen molar-refractivity contribution in [1.82, 2.24) is 15.0 Å². The van der Waals surface area contributed by atoms with Gasteiger partial charge in [0.05, 0.1) is 12.2 Å². The predicted octanol–water partition coefficient (Wildman–Crippen LogP) is 2.67. The van der Waals surface area contributed by atoms with Crippen molar-refractivity contribution >= 4 is 5.69 Å². The second-order valence-electron chi connectivity index (χ2n) is 6.69. The lowest BCUT2D eigenvalue weighted by molar-refractivity contribution is 0.271. The van der Waals surface area contributed by atoms with E-state index < -0.39 is 5.82 Å². The molecule has 0 N–H and O–H groups in total. The van der Waals surface area contributed by atoms with Gasteiger partial charge in [0.15, 0.2) is 5.82 Å². The third-order valence-corrected chi connectivity index (χ3v) is 4.81. The summed E-state index contributed by atoms with van der Waals surface area (Å²) in [6, 6.07) is 6.80. The van der Waals surface area contributed by atoms with E-state index in [4.69, 9.17) is 4.52 Å². The summed E-state index contributed by atoms with van der Waals surface area (Å²) in [7, 11) is 0. The molecule has 0 unspecified atom stereocenters. The largest absolute Gasteiger partial charge is 0.369 e. The molecule has 1 aromatic carbocycles. The minimum atomic E-state index is -0.458. The standard InChI is InChI=1S/C18H20FN5O/c19-15-3-1-4-16(14(15)11-20)24-8-2-7-23(9-10-24)12-17-21-18(25-22-17)13-5-6-13/h1,3-4,13H,2,5-10,12H2. The molecule has 6 nitrogen and oxygen atoms in total. The molecule has 25 heavy (non-hydrogen) atoms. The fourth-order valence-electron chi connectivity index (χ4n) is 3.28. The Morgan fingerprint density at radius 3 is 2.92 bits per heavy atom. The molecule has 0 atom stereocenters. The Hall–Kier alpha value is -2.46. The van der Waals surface area contributed by atoms with Crippen molar-refractivity contribution in [3.63, 3.8) is 0 Å². The molecule has 0 radical (unpaired) electrons. The first kappa shape index (κ1) is 16.0. The molecule has 1 aliphatic heterocycles. The smallest absolute Gasteiger partial charge is 0.229 e. The van der Waals surface area contributed by atoms with E-state index in [1.807, 2.05) is 12.1 Å². The normalized spacial score (nSPS) is 18.8. The highest BCUT2D eigenvalue weighted by Gasteiger charge is 2.30. The van der Waals surface area contributed by atoms with Crippen LogP contribution in [0.4, 0.5) is 10.1 Å². The van der Waals surface area contributed by atoms with Gasteiger partial charge in [0.25, 0.3) is 0 Å². The van der Waals surface area contributed by atoms with Crippen LogP contribution in [0.25, 0.3) is 0 Å². The molecule has 2 aromatic rings. The first-order chi connectivity index (χ1) is 12.2. The zero-order valence-electron chi connectivity index (χ0n) is 14.0. The van der Waals surface area contributed by atoms with Gasteiger partial charge >= 0.3 is 0 Å². The van der Waals surface area contributed by atoms with Crippen LogP contribution in [-0.2, 0) is 6.54 Å². The van der Waals surface area contributed by atoms with E-state index in [9.17, 15) is 9.65 Å². The lowest BCUT2D eigenvalue weighted by Crippen LogP contribution is -2.31. The van der Waals surface area contributed by atoms with Gasteiger partial charge in [-0.3, -0.25) is 4.90 Å². The molecule has 2 heterocycles. The molecule has 0 spiro atoms. The SMILES string of the molecule is N#Cc1c(F)cccc1N1CCCN(Cc2noc(C3CC3)n2)CC1. The summed E-state index contributed by atoms with van der Waals surface area (Å²) in [6.07, 6.45) is 3.24. The number of rotatable bonds is 4. The number of benzene rings is 1. The predicted molar refractivity (Wildman–Crippen MR) is 89.5 cm³/mol. The van der Waals surface area contributed by atoms with Crippen molar-refractivity contribution in [3.8, 4) is 6.07 Å². The summed E-state index contributed by atoms with van der Waals surface area (Å²) in [5.74, 6) is 1.52. The second-order valence-corrected chi connectivity index (χ2v) is 6.69. The van der Waals surface area contributed by atoms with Crippen LogP contribution in [0.5, 0.6) is 0 Å². The number of aromatic nitrogens is 2. The van der Waals surface area contributed by atoms with Gasteiger partial charge in [0.2, 0.25) is 5.89 Å². The Morgan fingerprint density at radius 2 is 2.12 bits per heavy atom. The van der Waals surface area contributed by atoms with E-state index in [2.05, 4.69) is 19.9 Å². The highest BCUT2D eigenvalue weighted by atomic mass is 19.1. The number of nitrogens with zero attached hydrogens (tertiary/aromatic N) is 5. The number of nitriles is 1. The Kier molecular flexibility index (Phi) is 4.36. The van der Waals surface area contributed by atoms with Crippen LogP contribution in [0.3, 0.4) is 0 Å². The fourth-order valence-corrected chi connectivity index (χ4v) is 3.28. The Balaban J connectivity index is 1.41. The van der Waals surface area contributed by atoms with E-state index in [1.54, 1.807) is 6.07 Å². The number of hydrogen-bond donors (Lipinski definition) is 0. The Bertz CT molecular complexity index is 795. The average Bonchev–Trinajstić information content (AvgIpc) is 3.40. The summed E-state index contributed by atoms with van der Waals surface area (Å²) in [5, 5.41) is 13.3. The first-order valence-electron chi connectivity index (χ1n) is 8.73.